The fraction of sp³-hybridized carbons (Fsp3) is 0.667. The van der Waals surface area contributed by atoms with Gasteiger partial charge in [0.2, 0.25) is 0 Å². The maximum atomic E-state index is 6.10. The molecule has 1 N–H and O–H groups in total. The number of aryl methyl sites for hydroxylation is 2. The van der Waals surface area contributed by atoms with E-state index in [1.165, 1.54) is 16.7 Å². The molecule has 2 atom stereocenters. The Balaban J connectivity index is 0.00000280. The van der Waals surface area contributed by atoms with Crippen LogP contribution in [0.2, 0.25) is 0 Å². The standard InChI is InChI=1S/C21H35N5O.HI/c1-16-6-7-19(17(2)12-16)20-15-26(10-11-27-20)21(22-3)23-13-18-14-24(4)8-9-25(18)5;/h6-7,12,18,20H,8-11,13-15H2,1-5H3,(H,22,23);1H. The lowest BCUT2D eigenvalue weighted by molar-refractivity contribution is -0.00850. The van der Waals surface area contributed by atoms with Gasteiger partial charge in [0.15, 0.2) is 5.96 Å². The number of morpholine rings is 1. The highest BCUT2D eigenvalue weighted by atomic mass is 127. The summed E-state index contributed by atoms with van der Waals surface area (Å²) in [6, 6.07) is 7.13. The number of nitrogens with one attached hydrogen (secondary N) is 1. The fourth-order valence-corrected chi connectivity index (χ4v) is 4.08. The van der Waals surface area contributed by atoms with Crippen molar-refractivity contribution in [3.05, 3.63) is 34.9 Å². The number of piperazine rings is 1. The Morgan fingerprint density at radius 2 is 1.96 bits per heavy atom. The van der Waals surface area contributed by atoms with E-state index in [0.717, 1.165) is 51.8 Å². The highest BCUT2D eigenvalue weighted by molar-refractivity contribution is 14.0. The van der Waals surface area contributed by atoms with Crippen molar-refractivity contribution in [3.63, 3.8) is 0 Å². The van der Waals surface area contributed by atoms with Gasteiger partial charge in [0.1, 0.15) is 6.10 Å². The maximum absolute atomic E-state index is 6.10. The molecule has 2 unspecified atom stereocenters. The summed E-state index contributed by atoms with van der Waals surface area (Å²) >= 11 is 0. The zero-order valence-corrected chi connectivity index (χ0v) is 20.3. The van der Waals surface area contributed by atoms with Crippen LogP contribution < -0.4 is 5.32 Å². The van der Waals surface area contributed by atoms with Crippen LogP contribution in [0.3, 0.4) is 0 Å². The highest BCUT2D eigenvalue weighted by Crippen LogP contribution is 2.25. The molecule has 158 valence electrons. The summed E-state index contributed by atoms with van der Waals surface area (Å²) in [6.07, 6.45) is 0.0985. The van der Waals surface area contributed by atoms with Crippen LogP contribution in [0.4, 0.5) is 0 Å². The normalized spacial score (nSPS) is 24.8. The molecule has 0 radical (unpaired) electrons. The molecular formula is C21H36IN5O. The number of nitrogens with zero attached hydrogens (tertiary/aromatic N) is 4. The van der Waals surface area contributed by atoms with Gasteiger partial charge in [0.05, 0.1) is 13.2 Å². The topological polar surface area (TPSA) is 43.3 Å². The zero-order chi connectivity index (χ0) is 19.4. The third-order valence-corrected chi connectivity index (χ3v) is 5.83. The van der Waals surface area contributed by atoms with E-state index in [1.807, 2.05) is 7.05 Å². The third kappa shape index (κ3) is 5.81. The van der Waals surface area contributed by atoms with Crippen molar-refractivity contribution in [2.75, 3.05) is 67.0 Å². The second kappa shape index (κ2) is 10.8. The molecule has 0 bridgehead atoms. The highest BCUT2D eigenvalue weighted by Gasteiger charge is 2.27. The smallest absolute Gasteiger partial charge is 0.193 e. The van der Waals surface area contributed by atoms with Gasteiger partial charge < -0.3 is 19.9 Å². The molecule has 2 fully saturated rings. The molecule has 1 aromatic rings. The summed E-state index contributed by atoms with van der Waals surface area (Å²) in [5, 5.41) is 3.61. The molecule has 0 saturated carbocycles. The second-order valence-corrected chi connectivity index (χ2v) is 7.99. The van der Waals surface area contributed by atoms with E-state index in [2.05, 4.69) is 71.2 Å². The predicted molar refractivity (Wildman–Crippen MR) is 127 cm³/mol. The lowest BCUT2D eigenvalue weighted by Gasteiger charge is -2.39. The molecule has 2 saturated heterocycles. The van der Waals surface area contributed by atoms with Gasteiger partial charge in [-0.05, 0) is 39.1 Å². The fourth-order valence-electron chi connectivity index (χ4n) is 4.08. The van der Waals surface area contributed by atoms with Gasteiger partial charge >= 0.3 is 0 Å². The van der Waals surface area contributed by atoms with E-state index >= 15 is 0 Å². The number of aliphatic imine (C=N–C) groups is 1. The van der Waals surface area contributed by atoms with E-state index in [9.17, 15) is 0 Å². The summed E-state index contributed by atoms with van der Waals surface area (Å²) < 4.78 is 6.10. The molecule has 1 aromatic carbocycles. The number of benzene rings is 1. The number of hydrogen-bond donors (Lipinski definition) is 1. The van der Waals surface area contributed by atoms with Gasteiger partial charge in [-0.3, -0.25) is 9.89 Å². The van der Waals surface area contributed by atoms with Gasteiger partial charge in [0, 0.05) is 45.8 Å². The van der Waals surface area contributed by atoms with Crippen LogP contribution in [0.25, 0.3) is 0 Å². The van der Waals surface area contributed by atoms with Crippen molar-refractivity contribution in [3.8, 4) is 0 Å². The zero-order valence-electron chi connectivity index (χ0n) is 17.9. The number of guanidine groups is 1. The molecule has 0 aromatic heterocycles. The number of halogens is 1. The van der Waals surface area contributed by atoms with E-state index in [0.29, 0.717) is 6.04 Å². The predicted octanol–water partition coefficient (Wildman–Crippen LogP) is 2.12. The first-order valence-electron chi connectivity index (χ1n) is 10.0. The van der Waals surface area contributed by atoms with Gasteiger partial charge in [-0.2, -0.15) is 0 Å². The first-order valence-corrected chi connectivity index (χ1v) is 10.0. The van der Waals surface area contributed by atoms with Crippen molar-refractivity contribution in [1.29, 1.82) is 0 Å². The summed E-state index contributed by atoms with van der Waals surface area (Å²) in [5.41, 5.74) is 3.88. The van der Waals surface area contributed by atoms with E-state index < -0.39 is 0 Å². The Morgan fingerprint density at radius 3 is 2.68 bits per heavy atom. The SMILES string of the molecule is CN=C(NCC1CN(C)CCN1C)N1CCOC(c2ccc(C)cc2C)C1.I. The van der Waals surface area contributed by atoms with Crippen molar-refractivity contribution in [2.24, 2.45) is 4.99 Å². The molecule has 28 heavy (non-hydrogen) atoms. The first-order chi connectivity index (χ1) is 13.0. The van der Waals surface area contributed by atoms with Crippen molar-refractivity contribution < 1.29 is 4.74 Å². The Morgan fingerprint density at radius 1 is 1.18 bits per heavy atom. The molecule has 2 aliphatic heterocycles. The molecule has 0 aliphatic carbocycles. The van der Waals surface area contributed by atoms with Crippen molar-refractivity contribution >= 4 is 29.9 Å². The number of hydrogen-bond acceptors (Lipinski definition) is 4. The third-order valence-electron chi connectivity index (χ3n) is 5.83. The molecule has 3 rings (SSSR count). The van der Waals surface area contributed by atoms with Gasteiger partial charge in [-0.1, -0.05) is 23.8 Å². The lowest BCUT2D eigenvalue weighted by Crippen LogP contribution is -2.56. The average Bonchev–Trinajstić information content (AvgIpc) is 2.65. The summed E-state index contributed by atoms with van der Waals surface area (Å²) in [6.45, 7) is 11.0. The number of rotatable bonds is 3. The summed E-state index contributed by atoms with van der Waals surface area (Å²) in [5.74, 6) is 0.981. The van der Waals surface area contributed by atoms with E-state index in [4.69, 9.17) is 4.74 Å². The van der Waals surface area contributed by atoms with Crippen LogP contribution in [0.5, 0.6) is 0 Å². The quantitative estimate of drug-likeness (QED) is 0.391. The van der Waals surface area contributed by atoms with Crippen LogP contribution in [0, 0.1) is 13.8 Å². The molecule has 2 aliphatic rings. The Kier molecular flexibility index (Phi) is 8.98. The number of likely N-dealkylation sites (N-methyl/N-ethyl adjacent to an activating group) is 2. The maximum Gasteiger partial charge on any atom is 0.193 e. The minimum absolute atomic E-state index is 0. The largest absolute Gasteiger partial charge is 0.370 e. The lowest BCUT2D eigenvalue weighted by atomic mass is 10.00. The van der Waals surface area contributed by atoms with E-state index in [1.54, 1.807) is 0 Å². The van der Waals surface area contributed by atoms with Gasteiger partial charge in [-0.25, -0.2) is 0 Å². The Hall–Kier alpha value is -0.900. The minimum atomic E-state index is 0. The monoisotopic (exact) mass is 501 g/mol. The number of ether oxygens (including phenoxy) is 1. The molecular weight excluding hydrogens is 465 g/mol. The van der Waals surface area contributed by atoms with Crippen LogP contribution in [-0.4, -0.2) is 93.7 Å². The Labute approximate surface area is 187 Å². The van der Waals surface area contributed by atoms with Crippen molar-refractivity contribution in [2.45, 2.75) is 26.0 Å². The van der Waals surface area contributed by atoms with Crippen LogP contribution in [0.1, 0.15) is 22.8 Å². The Bertz CT molecular complexity index is 668. The van der Waals surface area contributed by atoms with Crippen LogP contribution >= 0.6 is 24.0 Å². The molecule has 2 heterocycles. The molecule has 7 heteroatoms. The molecule has 0 spiro atoms. The molecule has 0 amide bonds. The van der Waals surface area contributed by atoms with E-state index in [-0.39, 0.29) is 30.1 Å². The average molecular weight is 501 g/mol. The molecule has 6 nitrogen and oxygen atoms in total. The first kappa shape index (κ1) is 23.4. The van der Waals surface area contributed by atoms with Crippen molar-refractivity contribution in [1.82, 2.24) is 20.0 Å². The van der Waals surface area contributed by atoms with Gasteiger partial charge in [0.25, 0.3) is 0 Å². The van der Waals surface area contributed by atoms with Crippen LogP contribution in [0.15, 0.2) is 23.2 Å². The summed E-state index contributed by atoms with van der Waals surface area (Å²) in [4.78, 5) is 11.7. The summed E-state index contributed by atoms with van der Waals surface area (Å²) in [7, 11) is 6.29. The van der Waals surface area contributed by atoms with Gasteiger partial charge in [-0.15, -0.1) is 24.0 Å². The minimum Gasteiger partial charge on any atom is -0.370 e. The van der Waals surface area contributed by atoms with Crippen LogP contribution in [-0.2, 0) is 4.74 Å². The second-order valence-electron chi connectivity index (χ2n) is 7.99.